The van der Waals surface area contributed by atoms with E-state index < -0.39 is 22.0 Å². The molecule has 0 saturated heterocycles. The summed E-state index contributed by atoms with van der Waals surface area (Å²) < 4.78 is 33.0. The normalized spacial score (nSPS) is 11.6. The maximum Gasteiger partial charge on any atom is 0.261 e. The third kappa shape index (κ3) is 8.68. The molecule has 0 aromatic heterocycles. The molecule has 0 saturated carbocycles. The summed E-state index contributed by atoms with van der Waals surface area (Å²) in [5.41, 5.74) is 1.95. The summed E-state index contributed by atoms with van der Waals surface area (Å²) in [6.45, 7) is 2.19. The zero-order valence-corrected chi connectivity index (χ0v) is 20.1. The number of hydrogen-bond donors (Lipinski definition) is 4. The summed E-state index contributed by atoms with van der Waals surface area (Å²) in [4.78, 5) is 24.0. The van der Waals surface area contributed by atoms with Crippen molar-refractivity contribution in [2.24, 2.45) is 0 Å². The molecule has 2 aromatic rings. The lowest BCUT2D eigenvalue weighted by molar-refractivity contribution is -0.131. The number of rotatable bonds is 12. The fraction of sp³-hybridized carbons (Fsp3) is 0.304. The van der Waals surface area contributed by atoms with Crippen molar-refractivity contribution in [1.29, 1.82) is 0 Å². The molecule has 0 radical (unpaired) electrons. The summed E-state index contributed by atoms with van der Waals surface area (Å²) in [6, 6.07) is 10.9. The fourth-order valence-corrected chi connectivity index (χ4v) is 4.22. The molecule has 0 aliphatic rings. The number of carbonyl (C=O) groups excluding carboxylic acids is 2. The van der Waals surface area contributed by atoms with Gasteiger partial charge in [0.05, 0.1) is 4.90 Å². The van der Waals surface area contributed by atoms with Gasteiger partial charge in [0.25, 0.3) is 11.8 Å². The van der Waals surface area contributed by atoms with Gasteiger partial charge in [-0.05, 0) is 74.7 Å². The van der Waals surface area contributed by atoms with E-state index in [1.165, 1.54) is 29.7 Å². The topological polar surface area (TPSA) is 134 Å². The molecule has 9 nitrogen and oxygen atoms in total. The van der Waals surface area contributed by atoms with E-state index in [1.807, 2.05) is 0 Å². The quantitative estimate of drug-likeness (QED) is 0.151. The molecule has 4 N–H and O–H groups in total. The first kappa shape index (κ1) is 27.1. The second-order valence-electron chi connectivity index (χ2n) is 7.10. The minimum Gasteiger partial charge on any atom is -0.481 e. The van der Waals surface area contributed by atoms with Gasteiger partial charge in [0.15, 0.2) is 0 Å². The van der Waals surface area contributed by atoms with Crippen LogP contribution < -0.4 is 20.3 Å². The van der Waals surface area contributed by atoms with Crippen molar-refractivity contribution >= 4 is 33.4 Å². The van der Waals surface area contributed by atoms with E-state index in [0.29, 0.717) is 35.7 Å². The first-order chi connectivity index (χ1) is 16.3. The van der Waals surface area contributed by atoms with Gasteiger partial charge >= 0.3 is 0 Å². The van der Waals surface area contributed by atoms with Gasteiger partial charge in [-0.2, -0.15) is 4.72 Å². The number of hydrogen-bond acceptors (Lipinski definition) is 6. The van der Waals surface area contributed by atoms with E-state index in [-0.39, 0.29) is 23.8 Å². The van der Waals surface area contributed by atoms with Crippen LogP contribution in [0.1, 0.15) is 36.5 Å². The highest BCUT2D eigenvalue weighted by atomic mass is 35.5. The first-order valence-electron chi connectivity index (χ1n) is 10.4. The smallest absolute Gasteiger partial charge is 0.261 e. The van der Waals surface area contributed by atoms with E-state index in [1.54, 1.807) is 31.2 Å². The van der Waals surface area contributed by atoms with E-state index in [9.17, 15) is 18.0 Å². The molecule has 2 rings (SSSR count). The van der Waals surface area contributed by atoms with Crippen LogP contribution in [0.3, 0.4) is 0 Å². The molecule has 0 heterocycles. The third-order valence-electron chi connectivity index (χ3n) is 4.66. The van der Waals surface area contributed by atoms with Crippen molar-refractivity contribution in [2.45, 2.75) is 37.1 Å². The Labute approximate surface area is 203 Å². The third-order valence-corrected chi connectivity index (χ3v) is 6.40. The number of amides is 2. The lowest BCUT2D eigenvalue weighted by Crippen LogP contribution is -2.45. The van der Waals surface area contributed by atoms with Crippen molar-refractivity contribution in [1.82, 2.24) is 15.5 Å². The van der Waals surface area contributed by atoms with E-state index in [0.717, 1.165) is 0 Å². The average Bonchev–Trinajstić information content (AvgIpc) is 2.83. The van der Waals surface area contributed by atoms with E-state index >= 15 is 0 Å². The lowest BCUT2D eigenvalue weighted by Gasteiger charge is -2.17. The second-order valence-corrected chi connectivity index (χ2v) is 9.25. The minimum atomic E-state index is -4.04. The Morgan fingerprint density at radius 2 is 1.76 bits per heavy atom. The Bertz CT molecular complexity index is 1130. The van der Waals surface area contributed by atoms with E-state index in [4.69, 9.17) is 21.5 Å². The summed E-state index contributed by atoms with van der Waals surface area (Å²) in [5.74, 6) is 4.72. The van der Waals surface area contributed by atoms with Crippen LogP contribution in [0.25, 0.3) is 0 Å². The molecule has 2 amide bonds. The standard InChI is InChI=1S/C23H26ClN3O6S/c1-2-3-16-33-19-11-13-20(14-12-19)34(31,32)27-21(23(29)26-30)6-4-5-15-25-22(28)17-7-9-18(24)10-8-17/h7-14,21,27,30H,4-6,15-16H2,1H3,(H,25,28)(H,26,29)/t21-/m1/s1. The summed E-state index contributed by atoms with van der Waals surface area (Å²) in [7, 11) is -4.04. The van der Waals surface area contributed by atoms with Gasteiger partial charge in [-0.1, -0.05) is 17.5 Å². The van der Waals surface area contributed by atoms with Crippen LogP contribution in [0, 0.1) is 11.8 Å². The van der Waals surface area contributed by atoms with Crippen molar-refractivity contribution in [3.63, 3.8) is 0 Å². The number of nitrogens with one attached hydrogen (secondary N) is 3. The number of sulfonamides is 1. The molecule has 0 spiro atoms. The van der Waals surface area contributed by atoms with Gasteiger partial charge < -0.3 is 10.1 Å². The van der Waals surface area contributed by atoms with Gasteiger partial charge in [-0.25, -0.2) is 13.9 Å². The zero-order chi connectivity index (χ0) is 25.0. The molecule has 0 bridgehead atoms. The summed E-state index contributed by atoms with van der Waals surface area (Å²) >= 11 is 5.80. The van der Waals surface area contributed by atoms with Crippen LogP contribution in [-0.2, 0) is 14.8 Å². The van der Waals surface area contributed by atoms with Gasteiger partial charge in [-0.15, -0.1) is 5.92 Å². The highest BCUT2D eigenvalue weighted by molar-refractivity contribution is 7.89. The first-order valence-corrected chi connectivity index (χ1v) is 12.3. The molecular weight excluding hydrogens is 482 g/mol. The van der Waals surface area contributed by atoms with Crippen LogP contribution in [0.5, 0.6) is 5.75 Å². The lowest BCUT2D eigenvalue weighted by atomic mass is 10.1. The van der Waals surface area contributed by atoms with Gasteiger partial charge in [0.1, 0.15) is 18.4 Å². The molecule has 0 unspecified atom stereocenters. The second kappa shape index (κ2) is 13.6. The number of carbonyl (C=O) groups is 2. The fourth-order valence-electron chi connectivity index (χ4n) is 2.86. The number of benzene rings is 2. The highest BCUT2D eigenvalue weighted by Gasteiger charge is 2.25. The van der Waals surface area contributed by atoms with Crippen LogP contribution in [0.2, 0.25) is 5.02 Å². The SMILES string of the molecule is CC#CCOc1ccc(S(=O)(=O)N[C@H](CCCCNC(=O)c2ccc(Cl)cc2)C(=O)NO)cc1. The van der Waals surface area contributed by atoms with Crippen molar-refractivity contribution in [3.05, 3.63) is 59.1 Å². The predicted molar refractivity (Wildman–Crippen MR) is 127 cm³/mol. The summed E-state index contributed by atoms with van der Waals surface area (Å²) in [6.07, 6.45) is 1.01. The van der Waals surface area contributed by atoms with Crippen molar-refractivity contribution in [2.75, 3.05) is 13.2 Å². The summed E-state index contributed by atoms with van der Waals surface area (Å²) in [5, 5.41) is 12.3. The molecule has 182 valence electrons. The molecule has 11 heteroatoms. The monoisotopic (exact) mass is 507 g/mol. The number of halogens is 1. The maximum atomic E-state index is 12.7. The Hall–Kier alpha value is -3.10. The van der Waals surface area contributed by atoms with Gasteiger partial charge in [0.2, 0.25) is 10.0 Å². The van der Waals surface area contributed by atoms with Crippen LogP contribution >= 0.6 is 11.6 Å². The predicted octanol–water partition coefficient (Wildman–Crippen LogP) is 2.49. The Morgan fingerprint density at radius 3 is 2.38 bits per heavy atom. The largest absolute Gasteiger partial charge is 0.481 e. The van der Waals surface area contributed by atoms with E-state index in [2.05, 4.69) is 21.9 Å². The Morgan fingerprint density at radius 1 is 1.09 bits per heavy atom. The van der Waals surface area contributed by atoms with Gasteiger partial charge in [0, 0.05) is 17.1 Å². The molecule has 2 aromatic carbocycles. The van der Waals surface area contributed by atoms with Crippen LogP contribution in [0.4, 0.5) is 0 Å². The molecule has 34 heavy (non-hydrogen) atoms. The van der Waals surface area contributed by atoms with Crippen LogP contribution in [0.15, 0.2) is 53.4 Å². The molecule has 0 aliphatic carbocycles. The molecule has 0 aliphatic heterocycles. The molecule has 1 atom stereocenters. The van der Waals surface area contributed by atoms with Crippen molar-refractivity contribution < 1.29 is 28.0 Å². The number of hydroxylamine groups is 1. The Balaban J connectivity index is 1.88. The maximum absolute atomic E-state index is 12.7. The van der Waals surface area contributed by atoms with Crippen LogP contribution in [-0.4, -0.2) is 44.6 Å². The Kier molecular flexibility index (Phi) is 10.8. The van der Waals surface area contributed by atoms with Crippen molar-refractivity contribution in [3.8, 4) is 17.6 Å². The van der Waals surface area contributed by atoms with Gasteiger partial charge in [-0.3, -0.25) is 14.8 Å². The molecular formula is C23H26ClN3O6S. The zero-order valence-electron chi connectivity index (χ0n) is 18.5. The number of ether oxygens (including phenoxy) is 1. The average molecular weight is 508 g/mol. The minimum absolute atomic E-state index is 0.0626. The molecule has 0 fully saturated rings. The number of unbranched alkanes of at least 4 members (excludes halogenated alkanes) is 1. The highest BCUT2D eigenvalue weighted by Crippen LogP contribution is 2.17.